The molecule has 0 aromatic rings. The lowest BCUT2D eigenvalue weighted by Gasteiger charge is -2.41. The molecule has 1 saturated heterocycles. The Balaban J connectivity index is 1.94. The molecule has 0 aromatic heterocycles. The van der Waals surface area contributed by atoms with E-state index < -0.39 is 0 Å². The van der Waals surface area contributed by atoms with Crippen molar-refractivity contribution in [2.45, 2.75) is 71.4 Å². The summed E-state index contributed by atoms with van der Waals surface area (Å²) >= 11 is 0. The predicted octanol–water partition coefficient (Wildman–Crippen LogP) is 2.46. The third-order valence-corrected chi connectivity index (χ3v) is 4.58. The van der Waals surface area contributed by atoms with Crippen molar-refractivity contribution in [3.63, 3.8) is 0 Å². The largest absolute Gasteiger partial charge is 0.352 e. The molecular formula is C15H28N2O. The highest BCUT2D eigenvalue weighted by molar-refractivity contribution is 5.82. The van der Waals surface area contributed by atoms with E-state index in [9.17, 15) is 4.79 Å². The maximum absolute atomic E-state index is 12.2. The molecule has 2 N–H and O–H groups in total. The second-order valence-corrected chi connectivity index (χ2v) is 7.02. The molecule has 2 fully saturated rings. The van der Waals surface area contributed by atoms with Gasteiger partial charge in [0.05, 0.1) is 6.04 Å². The molecule has 18 heavy (non-hydrogen) atoms. The highest BCUT2D eigenvalue weighted by Crippen LogP contribution is 2.38. The first-order valence-corrected chi connectivity index (χ1v) is 7.52. The third kappa shape index (κ3) is 3.25. The predicted molar refractivity (Wildman–Crippen MR) is 74.4 cm³/mol. The fourth-order valence-corrected chi connectivity index (χ4v) is 3.53. The fraction of sp³-hybridized carbons (Fsp3) is 0.933. The minimum absolute atomic E-state index is 0.0625. The molecule has 0 spiro atoms. The Bertz CT molecular complexity index is 289. The molecule has 3 nitrogen and oxygen atoms in total. The molecule has 3 atom stereocenters. The minimum atomic E-state index is 0.0625. The van der Waals surface area contributed by atoms with Gasteiger partial charge in [0.1, 0.15) is 0 Å². The van der Waals surface area contributed by atoms with Gasteiger partial charge in [-0.25, -0.2) is 0 Å². The molecule has 1 heterocycles. The lowest BCUT2D eigenvalue weighted by Crippen LogP contribution is -2.51. The van der Waals surface area contributed by atoms with Gasteiger partial charge in [-0.05, 0) is 43.6 Å². The van der Waals surface area contributed by atoms with Crippen LogP contribution in [0.3, 0.4) is 0 Å². The number of carbonyl (C=O) groups excluding carboxylic acids is 1. The normalized spacial score (nSPS) is 33.4. The van der Waals surface area contributed by atoms with Crippen molar-refractivity contribution in [2.75, 3.05) is 6.54 Å². The van der Waals surface area contributed by atoms with Gasteiger partial charge in [0.2, 0.25) is 5.91 Å². The lowest BCUT2D eigenvalue weighted by atomic mass is 9.69. The van der Waals surface area contributed by atoms with Crippen LogP contribution in [-0.4, -0.2) is 24.5 Å². The third-order valence-electron chi connectivity index (χ3n) is 4.58. The summed E-state index contributed by atoms with van der Waals surface area (Å²) in [5.41, 5.74) is 0.293. The molecule has 1 aliphatic carbocycles. The molecule has 2 rings (SSSR count). The second kappa shape index (κ2) is 5.60. The monoisotopic (exact) mass is 252 g/mol. The molecule has 3 heteroatoms. The van der Waals surface area contributed by atoms with Crippen LogP contribution >= 0.6 is 0 Å². The van der Waals surface area contributed by atoms with E-state index in [2.05, 4.69) is 31.4 Å². The number of hydrogen-bond donors (Lipinski definition) is 2. The number of carbonyl (C=O) groups is 1. The SMILES string of the molecule is CC(C)(C)C1CCCCC1NC(=O)[C@H]1CCCN1. The Kier molecular flexibility index (Phi) is 4.31. The van der Waals surface area contributed by atoms with E-state index in [1.807, 2.05) is 0 Å². The summed E-state index contributed by atoms with van der Waals surface area (Å²) in [7, 11) is 0. The standard InChI is InChI=1S/C15H28N2O/c1-15(2,3)11-7-4-5-8-12(11)17-14(18)13-9-6-10-16-13/h11-13,16H,4-10H2,1-3H3,(H,17,18)/t11?,12?,13-/m1/s1. The Morgan fingerprint density at radius 2 is 1.83 bits per heavy atom. The topological polar surface area (TPSA) is 41.1 Å². The van der Waals surface area contributed by atoms with Crippen molar-refractivity contribution in [2.24, 2.45) is 11.3 Å². The molecule has 1 aliphatic heterocycles. The van der Waals surface area contributed by atoms with Crippen molar-refractivity contribution >= 4 is 5.91 Å². The first-order valence-electron chi connectivity index (χ1n) is 7.52. The van der Waals surface area contributed by atoms with Crippen LogP contribution < -0.4 is 10.6 Å². The average molecular weight is 252 g/mol. The van der Waals surface area contributed by atoms with Gasteiger partial charge in [-0.3, -0.25) is 4.79 Å². The molecule has 0 aromatic carbocycles. The molecule has 0 bridgehead atoms. The van der Waals surface area contributed by atoms with Crippen LogP contribution in [0.4, 0.5) is 0 Å². The number of nitrogens with one attached hydrogen (secondary N) is 2. The quantitative estimate of drug-likeness (QED) is 0.792. The van der Waals surface area contributed by atoms with Crippen molar-refractivity contribution in [3.8, 4) is 0 Å². The van der Waals surface area contributed by atoms with E-state index in [-0.39, 0.29) is 11.9 Å². The first-order chi connectivity index (χ1) is 8.48. The summed E-state index contributed by atoms with van der Waals surface area (Å²) in [6.07, 6.45) is 7.11. The van der Waals surface area contributed by atoms with E-state index in [0.717, 1.165) is 25.8 Å². The van der Waals surface area contributed by atoms with Gasteiger partial charge in [0, 0.05) is 6.04 Å². The van der Waals surface area contributed by atoms with Gasteiger partial charge in [-0.2, -0.15) is 0 Å². The fourth-order valence-electron chi connectivity index (χ4n) is 3.53. The summed E-state index contributed by atoms with van der Waals surface area (Å²) in [6.45, 7) is 7.90. The summed E-state index contributed by atoms with van der Waals surface area (Å²) in [5, 5.41) is 6.60. The molecule has 0 radical (unpaired) electrons. The smallest absolute Gasteiger partial charge is 0.237 e. The van der Waals surface area contributed by atoms with Gasteiger partial charge in [-0.1, -0.05) is 33.6 Å². The Morgan fingerprint density at radius 1 is 1.11 bits per heavy atom. The van der Waals surface area contributed by atoms with Gasteiger partial charge >= 0.3 is 0 Å². The van der Waals surface area contributed by atoms with Crippen molar-refractivity contribution in [1.29, 1.82) is 0 Å². The van der Waals surface area contributed by atoms with E-state index in [1.54, 1.807) is 0 Å². The highest BCUT2D eigenvalue weighted by Gasteiger charge is 2.36. The van der Waals surface area contributed by atoms with Crippen LogP contribution in [0, 0.1) is 11.3 Å². The Labute approximate surface area is 111 Å². The van der Waals surface area contributed by atoms with Crippen LogP contribution in [-0.2, 0) is 4.79 Å². The summed E-state index contributed by atoms with van der Waals surface area (Å²) in [6, 6.07) is 0.446. The van der Waals surface area contributed by atoms with Crippen molar-refractivity contribution in [3.05, 3.63) is 0 Å². The van der Waals surface area contributed by atoms with Gasteiger partial charge < -0.3 is 10.6 Å². The van der Waals surface area contributed by atoms with Gasteiger partial charge in [0.15, 0.2) is 0 Å². The zero-order chi connectivity index (χ0) is 13.2. The molecular weight excluding hydrogens is 224 g/mol. The highest BCUT2D eigenvalue weighted by atomic mass is 16.2. The van der Waals surface area contributed by atoms with Crippen LogP contribution in [0.1, 0.15) is 59.3 Å². The molecule has 1 saturated carbocycles. The van der Waals surface area contributed by atoms with Crippen LogP contribution in [0.2, 0.25) is 0 Å². The molecule has 2 aliphatic rings. The average Bonchev–Trinajstić information content (AvgIpc) is 2.81. The molecule has 2 unspecified atom stereocenters. The van der Waals surface area contributed by atoms with Gasteiger partial charge in [0.25, 0.3) is 0 Å². The first kappa shape index (κ1) is 13.9. The maximum Gasteiger partial charge on any atom is 0.237 e. The minimum Gasteiger partial charge on any atom is -0.352 e. The Morgan fingerprint density at radius 3 is 2.44 bits per heavy atom. The second-order valence-electron chi connectivity index (χ2n) is 7.02. The van der Waals surface area contributed by atoms with Crippen molar-refractivity contribution < 1.29 is 4.79 Å². The van der Waals surface area contributed by atoms with Crippen molar-refractivity contribution in [1.82, 2.24) is 10.6 Å². The molecule has 104 valence electrons. The number of rotatable bonds is 2. The summed E-state index contributed by atoms with van der Waals surface area (Å²) in [5.74, 6) is 0.852. The molecule has 1 amide bonds. The number of hydrogen-bond acceptors (Lipinski definition) is 2. The van der Waals surface area contributed by atoms with E-state index >= 15 is 0 Å². The summed E-state index contributed by atoms with van der Waals surface area (Å²) in [4.78, 5) is 12.2. The van der Waals surface area contributed by atoms with Gasteiger partial charge in [-0.15, -0.1) is 0 Å². The van der Waals surface area contributed by atoms with E-state index in [1.165, 1.54) is 19.3 Å². The maximum atomic E-state index is 12.2. The summed E-state index contributed by atoms with van der Waals surface area (Å²) < 4.78 is 0. The van der Waals surface area contributed by atoms with Crippen LogP contribution in [0.15, 0.2) is 0 Å². The van der Waals surface area contributed by atoms with Crippen LogP contribution in [0.5, 0.6) is 0 Å². The Hall–Kier alpha value is -0.570. The van der Waals surface area contributed by atoms with E-state index in [0.29, 0.717) is 17.4 Å². The van der Waals surface area contributed by atoms with E-state index in [4.69, 9.17) is 0 Å². The zero-order valence-corrected chi connectivity index (χ0v) is 12.1. The zero-order valence-electron chi connectivity index (χ0n) is 12.1. The number of amides is 1. The lowest BCUT2D eigenvalue weighted by molar-refractivity contribution is -0.124. The van der Waals surface area contributed by atoms with Crippen LogP contribution in [0.25, 0.3) is 0 Å².